The van der Waals surface area contributed by atoms with E-state index in [1.165, 1.54) is 13.4 Å². The van der Waals surface area contributed by atoms with E-state index in [2.05, 4.69) is 20.6 Å². The summed E-state index contributed by atoms with van der Waals surface area (Å²) in [7, 11) is 1.49. The first kappa shape index (κ1) is 21.8. The SMILES string of the molecule is COc1ccc(Cl)cc1Nc1ncnc(Nc2ccc(Oc3ccccc3)cc2)c1[N+](=O)[O-]. The summed E-state index contributed by atoms with van der Waals surface area (Å²) in [6.07, 6.45) is 1.22. The number of nitro groups is 1. The number of ether oxygens (including phenoxy) is 2. The Morgan fingerprint density at radius 2 is 1.58 bits per heavy atom. The van der Waals surface area contributed by atoms with Gasteiger partial charge in [-0.05, 0) is 54.6 Å². The molecule has 0 aliphatic heterocycles. The molecule has 0 atom stereocenters. The van der Waals surface area contributed by atoms with Crippen LogP contribution in [-0.4, -0.2) is 22.0 Å². The Kier molecular flexibility index (Phi) is 6.51. The molecule has 10 heteroatoms. The number of anilines is 4. The fourth-order valence-corrected chi connectivity index (χ4v) is 3.18. The van der Waals surface area contributed by atoms with Crippen LogP contribution < -0.4 is 20.1 Å². The normalized spacial score (nSPS) is 10.4. The number of hydrogen-bond donors (Lipinski definition) is 2. The highest BCUT2D eigenvalue weighted by Crippen LogP contribution is 2.36. The summed E-state index contributed by atoms with van der Waals surface area (Å²) in [4.78, 5) is 19.4. The lowest BCUT2D eigenvalue weighted by atomic mass is 10.2. The van der Waals surface area contributed by atoms with Crippen molar-refractivity contribution >= 4 is 40.3 Å². The minimum Gasteiger partial charge on any atom is -0.495 e. The summed E-state index contributed by atoms with van der Waals surface area (Å²) in [6, 6.07) is 21.2. The van der Waals surface area contributed by atoms with Gasteiger partial charge in [-0.25, -0.2) is 9.97 Å². The maximum Gasteiger partial charge on any atom is 0.353 e. The first-order chi connectivity index (χ1) is 16.0. The molecule has 1 aromatic heterocycles. The van der Waals surface area contributed by atoms with E-state index < -0.39 is 4.92 Å². The molecule has 0 saturated carbocycles. The van der Waals surface area contributed by atoms with Gasteiger partial charge < -0.3 is 20.1 Å². The van der Waals surface area contributed by atoms with Crippen LogP contribution in [0.25, 0.3) is 0 Å². The second-order valence-corrected chi connectivity index (χ2v) is 7.15. The Labute approximate surface area is 194 Å². The quantitative estimate of drug-likeness (QED) is 0.230. The van der Waals surface area contributed by atoms with E-state index in [1.54, 1.807) is 42.5 Å². The maximum absolute atomic E-state index is 11.9. The van der Waals surface area contributed by atoms with Crippen LogP contribution >= 0.6 is 11.6 Å². The molecular weight excluding hydrogens is 446 g/mol. The molecule has 0 aliphatic carbocycles. The first-order valence-corrected chi connectivity index (χ1v) is 10.1. The first-order valence-electron chi connectivity index (χ1n) is 9.73. The molecule has 0 bridgehead atoms. The number of benzene rings is 3. The van der Waals surface area contributed by atoms with E-state index >= 15 is 0 Å². The molecule has 0 spiro atoms. The van der Waals surface area contributed by atoms with E-state index in [4.69, 9.17) is 21.1 Å². The van der Waals surface area contributed by atoms with Crippen LogP contribution in [0.3, 0.4) is 0 Å². The molecule has 0 saturated heterocycles. The highest BCUT2D eigenvalue weighted by Gasteiger charge is 2.24. The number of hydrogen-bond acceptors (Lipinski definition) is 8. The van der Waals surface area contributed by atoms with Crippen molar-refractivity contribution < 1.29 is 14.4 Å². The van der Waals surface area contributed by atoms with Crippen LogP contribution in [0.2, 0.25) is 5.02 Å². The van der Waals surface area contributed by atoms with Crippen molar-refractivity contribution in [3.63, 3.8) is 0 Å². The number of para-hydroxylation sites is 1. The monoisotopic (exact) mass is 463 g/mol. The van der Waals surface area contributed by atoms with Gasteiger partial charge in [-0.15, -0.1) is 0 Å². The van der Waals surface area contributed by atoms with Crippen LogP contribution in [0.4, 0.5) is 28.7 Å². The van der Waals surface area contributed by atoms with Crippen molar-refractivity contribution in [1.82, 2.24) is 9.97 Å². The van der Waals surface area contributed by atoms with Crippen molar-refractivity contribution in [3.8, 4) is 17.2 Å². The smallest absolute Gasteiger partial charge is 0.353 e. The van der Waals surface area contributed by atoms with E-state index in [0.29, 0.717) is 33.6 Å². The summed E-state index contributed by atoms with van der Waals surface area (Å²) >= 11 is 6.06. The van der Waals surface area contributed by atoms with E-state index in [0.717, 1.165) is 0 Å². The third kappa shape index (κ3) is 5.28. The van der Waals surface area contributed by atoms with Gasteiger partial charge in [0, 0.05) is 10.7 Å². The van der Waals surface area contributed by atoms with Crippen molar-refractivity contribution in [1.29, 1.82) is 0 Å². The van der Waals surface area contributed by atoms with E-state index in [-0.39, 0.29) is 17.3 Å². The molecule has 166 valence electrons. The van der Waals surface area contributed by atoms with Crippen LogP contribution in [0.5, 0.6) is 17.2 Å². The predicted octanol–water partition coefficient (Wildman–Crippen LogP) is 6.33. The third-order valence-electron chi connectivity index (χ3n) is 4.52. The second-order valence-electron chi connectivity index (χ2n) is 6.71. The molecule has 9 nitrogen and oxygen atoms in total. The van der Waals surface area contributed by atoms with Crippen LogP contribution in [0, 0.1) is 10.1 Å². The molecule has 4 rings (SSSR count). The largest absolute Gasteiger partial charge is 0.495 e. The van der Waals surface area contributed by atoms with Gasteiger partial charge in [0.15, 0.2) is 0 Å². The topological polar surface area (TPSA) is 111 Å². The van der Waals surface area contributed by atoms with Gasteiger partial charge in [0.05, 0.1) is 17.7 Å². The zero-order chi connectivity index (χ0) is 23.2. The lowest BCUT2D eigenvalue weighted by Gasteiger charge is -2.13. The number of rotatable bonds is 8. The Balaban J connectivity index is 1.58. The van der Waals surface area contributed by atoms with Crippen molar-refractivity contribution in [2.45, 2.75) is 0 Å². The molecule has 0 radical (unpaired) electrons. The van der Waals surface area contributed by atoms with Gasteiger partial charge in [0.1, 0.15) is 23.6 Å². The summed E-state index contributed by atoms with van der Waals surface area (Å²) in [6.45, 7) is 0. The fraction of sp³-hybridized carbons (Fsp3) is 0.0435. The predicted molar refractivity (Wildman–Crippen MR) is 126 cm³/mol. The molecule has 4 aromatic rings. The molecule has 0 aliphatic rings. The third-order valence-corrected chi connectivity index (χ3v) is 4.75. The minimum atomic E-state index is -0.561. The molecule has 2 N–H and O–H groups in total. The van der Waals surface area contributed by atoms with Crippen LogP contribution in [-0.2, 0) is 0 Å². The van der Waals surface area contributed by atoms with Gasteiger partial charge in [0.25, 0.3) is 0 Å². The van der Waals surface area contributed by atoms with Crippen molar-refractivity contribution in [2.75, 3.05) is 17.7 Å². The standard InChI is InChI=1S/C23H18ClN5O4/c1-32-20-12-7-15(24)13-19(20)28-23-21(29(30)31)22(25-14-26-23)27-16-8-10-18(11-9-16)33-17-5-3-2-4-6-17/h2-14H,1H3,(H2,25,26,27,28). The zero-order valence-electron chi connectivity index (χ0n) is 17.4. The molecule has 33 heavy (non-hydrogen) atoms. The summed E-state index contributed by atoms with van der Waals surface area (Å²) in [5, 5.41) is 18.2. The molecule has 3 aromatic carbocycles. The average molecular weight is 464 g/mol. The van der Waals surface area contributed by atoms with Crippen LogP contribution in [0.1, 0.15) is 0 Å². The molecule has 0 amide bonds. The van der Waals surface area contributed by atoms with Crippen molar-refractivity contribution in [3.05, 3.63) is 94.3 Å². The number of aromatic nitrogens is 2. The van der Waals surface area contributed by atoms with Gasteiger partial charge >= 0.3 is 5.69 Å². The summed E-state index contributed by atoms with van der Waals surface area (Å²) in [5.74, 6) is 1.80. The minimum absolute atomic E-state index is 0.0119. The highest BCUT2D eigenvalue weighted by atomic mass is 35.5. The van der Waals surface area contributed by atoms with Crippen molar-refractivity contribution in [2.24, 2.45) is 0 Å². The molecule has 1 heterocycles. The number of halogens is 1. The lowest BCUT2D eigenvalue weighted by Crippen LogP contribution is -2.06. The Hall–Kier alpha value is -4.37. The number of methoxy groups -OCH3 is 1. The van der Waals surface area contributed by atoms with Gasteiger partial charge in [-0.3, -0.25) is 10.1 Å². The van der Waals surface area contributed by atoms with E-state index in [1.807, 2.05) is 30.3 Å². The van der Waals surface area contributed by atoms with Gasteiger partial charge in [-0.2, -0.15) is 0 Å². The van der Waals surface area contributed by atoms with Crippen LogP contribution in [0.15, 0.2) is 79.1 Å². The van der Waals surface area contributed by atoms with Gasteiger partial charge in [0.2, 0.25) is 11.6 Å². The number of nitrogens with zero attached hydrogens (tertiary/aromatic N) is 3. The Bertz CT molecular complexity index is 1270. The Morgan fingerprint density at radius 1 is 0.909 bits per heavy atom. The lowest BCUT2D eigenvalue weighted by molar-refractivity contribution is -0.383. The summed E-state index contributed by atoms with van der Waals surface area (Å²) < 4.78 is 11.1. The molecule has 0 fully saturated rings. The average Bonchev–Trinajstić information content (AvgIpc) is 2.81. The molecular formula is C23H18ClN5O4. The maximum atomic E-state index is 11.9. The van der Waals surface area contributed by atoms with E-state index in [9.17, 15) is 10.1 Å². The highest BCUT2D eigenvalue weighted by molar-refractivity contribution is 6.31. The molecule has 0 unspecified atom stereocenters. The summed E-state index contributed by atoms with van der Waals surface area (Å²) in [5.41, 5.74) is 0.688. The second kappa shape index (κ2) is 9.84. The number of nitrogens with one attached hydrogen (secondary N) is 2. The Morgan fingerprint density at radius 3 is 2.24 bits per heavy atom. The van der Waals surface area contributed by atoms with Gasteiger partial charge in [-0.1, -0.05) is 29.8 Å². The fourth-order valence-electron chi connectivity index (χ4n) is 3.01. The zero-order valence-corrected chi connectivity index (χ0v) is 18.1.